The molecule has 0 saturated heterocycles. The Morgan fingerprint density at radius 1 is 1.00 bits per heavy atom. The van der Waals surface area contributed by atoms with Gasteiger partial charge in [0, 0.05) is 0 Å². The molecule has 0 heterocycles. The number of alkyl carbamates (subject to hydrolysis) is 1. The molecule has 7 heteroatoms. The number of carbonyl (C=O) groups excluding carboxylic acids is 3. The molecule has 0 bridgehead atoms. The lowest BCUT2D eigenvalue weighted by molar-refractivity contribution is -0.144. The fourth-order valence-electron chi connectivity index (χ4n) is 2.43. The summed E-state index contributed by atoms with van der Waals surface area (Å²) in [6.07, 6.45) is 3.16. The highest BCUT2D eigenvalue weighted by Crippen LogP contribution is 2.04. The fourth-order valence-corrected chi connectivity index (χ4v) is 2.43. The minimum atomic E-state index is -0.852. The molecule has 0 aliphatic carbocycles. The van der Waals surface area contributed by atoms with Crippen LogP contribution < -0.4 is 10.6 Å². The number of amides is 2. The van der Waals surface area contributed by atoms with Gasteiger partial charge >= 0.3 is 12.1 Å². The van der Waals surface area contributed by atoms with Gasteiger partial charge in [-0.1, -0.05) is 72.8 Å². The highest BCUT2D eigenvalue weighted by Gasteiger charge is 2.20. The predicted octanol–water partition coefficient (Wildman–Crippen LogP) is 2.67. The minimum Gasteiger partial charge on any atom is -0.467 e. The van der Waals surface area contributed by atoms with E-state index in [2.05, 4.69) is 10.6 Å². The van der Waals surface area contributed by atoms with Gasteiger partial charge in [-0.05, 0) is 17.5 Å². The summed E-state index contributed by atoms with van der Waals surface area (Å²) in [6, 6.07) is 17.9. The third-order valence-corrected chi connectivity index (χ3v) is 3.91. The van der Waals surface area contributed by atoms with Crippen molar-refractivity contribution in [1.82, 2.24) is 10.6 Å². The van der Waals surface area contributed by atoms with E-state index >= 15 is 0 Å². The summed E-state index contributed by atoms with van der Waals surface area (Å²) in [7, 11) is 1.25. The molecule has 0 fully saturated rings. The largest absolute Gasteiger partial charge is 0.467 e. The van der Waals surface area contributed by atoms with Crippen molar-refractivity contribution in [2.45, 2.75) is 19.1 Å². The molecule has 0 aliphatic rings. The van der Waals surface area contributed by atoms with Gasteiger partial charge in [-0.3, -0.25) is 4.79 Å². The summed E-state index contributed by atoms with van der Waals surface area (Å²) >= 11 is 0. The van der Waals surface area contributed by atoms with Crippen molar-refractivity contribution in [3.63, 3.8) is 0 Å². The molecule has 7 nitrogen and oxygen atoms in total. The molecular weight excluding hydrogens is 372 g/mol. The third kappa shape index (κ3) is 8.30. The predicted molar refractivity (Wildman–Crippen MR) is 109 cm³/mol. The summed E-state index contributed by atoms with van der Waals surface area (Å²) in [6.45, 7) is -0.215. The standard InChI is InChI=1S/C22H24N2O5/c1-28-21(26)19(14-8-13-17-9-4-2-5-10-17)24-20(25)15-23-22(27)29-16-18-11-6-3-7-12-18/h2-13,19H,14-16H2,1H3,(H,23,27)(H,24,25)/b13-8+/t19-/m0/s1. The molecule has 2 aromatic rings. The zero-order valence-electron chi connectivity index (χ0n) is 16.2. The second-order valence-corrected chi connectivity index (χ2v) is 6.11. The van der Waals surface area contributed by atoms with Crippen molar-refractivity contribution in [2.75, 3.05) is 13.7 Å². The molecule has 1 atom stereocenters. The van der Waals surface area contributed by atoms with E-state index in [0.717, 1.165) is 11.1 Å². The molecule has 0 aliphatic heterocycles. The lowest BCUT2D eigenvalue weighted by Gasteiger charge is -2.15. The Labute approximate surface area is 169 Å². The number of hydrogen-bond acceptors (Lipinski definition) is 5. The number of carbonyl (C=O) groups is 3. The van der Waals surface area contributed by atoms with Crippen LogP contribution in [0.15, 0.2) is 66.7 Å². The lowest BCUT2D eigenvalue weighted by atomic mass is 10.1. The van der Waals surface area contributed by atoms with E-state index in [1.165, 1.54) is 7.11 Å². The van der Waals surface area contributed by atoms with Crippen LogP contribution in [0.5, 0.6) is 0 Å². The molecular formula is C22H24N2O5. The van der Waals surface area contributed by atoms with E-state index < -0.39 is 24.0 Å². The molecule has 29 heavy (non-hydrogen) atoms. The number of methoxy groups -OCH3 is 1. The van der Waals surface area contributed by atoms with Gasteiger partial charge in [0.15, 0.2) is 0 Å². The maximum Gasteiger partial charge on any atom is 0.407 e. The monoisotopic (exact) mass is 396 g/mol. The van der Waals surface area contributed by atoms with E-state index in [1.807, 2.05) is 66.7 Å². The molecule has 0 radical (unpaired) electrons. The Balaban J connectivity index is 1.77. The van der Waals surface area contributed by atoms with Crippen LogP contribution in [0, 0.1) is 0 Å². The zero-order chi connectivity index (χ0) is 20.9. The molecule has 2 amide bonds. The summed E-state index contributed by atoms with van der Waals surface area (Å²) in [5, 5.41) is 4.90. The maximum atomic E-state index is 12.1. The second kappa shape index (κ2) is 12.0. The van der Waals surface area contributed by atoms with Crippen LogP contribution in [0.1, 0.15) is 17.5 Å². The highest BCUT2D eigenvalue weighted by molar-refractivity contribution is 5.87. The average Bonchev–Trinajstić information content (AvgIpc) is 2.76. The zero-order valence-corrected chi connectivity index (χ0v) is 16.2. The first-order valence-electron chi connectivity index (χ1n) is 9.12. The average molecular weight is 396 g/mol. The van der Waals surface area contributed by atoms with Crippen molar-refractivity contribution in [2.24, 2.45) is 0 Å². The van der Waals surface area contributed by atoms with Crippen LogP contribution >= 0.6 is 0 Å². The van der Waals surface area contributed by atoms with Crippen molar-refractivity contribution in [3.8, 4) is 0 Å². The molecule has 2 aromatic carbocycles. The number of rotatable bonds is 9. The van der Waals surface area contributed by atoms with Crippen molar-refractivity contribution in [3.05, 3.63) is 77.9 Å². The Hall–Kier alpha value is -3.61. The van der Waals surface area contributed by atoms with Crippen LogP contribution in [0.25, 0.3) is 6.08 Å². The van der Waals surface area contributed by atoms with Gasteiger partial charge in [0.05, 0.1) is 7.11 Å². The van der Waals surface area contributed by atoms with Gasteiger partial charge < -0.3 is 20.1 Å². The van der Waals surface area contributed by atoms with Crippen LogP contribution in [0.4, 0.5) is 4.79 Å². The summed E-state index contributed by atoms with van der Waals surface area (Å²) < 4.78 is 9.76. The first-order chi connectivity index (χ1) is 14.1. The number of hydrogen-bond donors (Lipinski definition) is 2. The highest BCUT2D eigenvalue weighted by atomic mass is 16.5. The smallest absolute Gasteiger partial charge is 0.407 e. The molecule has 0 spiro atoms. The van der Waals surface area contributed by atoms with Crippen molar-refractivity contribution < 1.29 is 23.9 Å². The van der Waals surface area contributed by atoms with Gasteiger partial charge in [0.25, 0.3) is 0 Å². The Kier molecular flexibility index (Phi) is 8.95. The topological polar surface area (TPSA) is 93.7 Å². The van der Waals surface area contributed by atoms with Gasteiger partial charge in [-0.25, -0.2) is 9.59 Å². The van der Waals surface area contributed by atoms with E-state index in [-0.39, 0.29) is 19.6 Å². The van der Waals surface area contributed by atoms with E-state index in [0.29, 0.717) is 0 Å². The van der Waals surface area contributed by atoms with E-state index in [9.17, 15) is 14.4 Å². The quantitative estimate of drug-likeness (QED) is 0.636. The van der Waals surface area contributed by atoms with Gasteiger partial charge in [0.2, 0.25) is 5.91 Å². The SMILES string of the molecule is COC(=O)[C@H](C/C=C/c1ccccc1)NC(=O)CNC(=O)OCc1ccccc1. The van der Waals surface area contributed by atoms with Crippen LogP contribution in [-0.2, 0) is 25.7 Å². The Bertz CT molecular complexity index is 822. The van der Waals surface area contributed by atoms with Crippen LogP contribution in [0.3, 0.4) is 0 Å². The number of esters is 1. The van der Waals surface area contributed by atoms with Crippen LogP contribution in [-0.4, -0.2) is 37.7 Å². The lowest BCUT2D eigenvalue weighted by Crippen LogP contribution is -2.45. The molecule has 0 unspecified atom stereocenters. The van der Waals surface area contributed by atoms with Crippen molar-refractivity contribution in [1.29, 1.82) is 0 Å². The fraction of sp³-hybridized carbons (Fsp3) is 0.227. The maximum absolute atomic E-state index is 12.1. The van der Waals surface area contributed by atoms with Gasteiger partial charge in [0.1, 0.15) is 19.2 Å². The van der Waals surface area contributed by atoms with E-state index in [1.54, 1.807) is 6.08 Å². The third-order valence-electron chi connectivity index (χ3n) is 3.91. The molecule has 152 valence electrons. The molecule has 0 saturated carbocycles. The Morgan fingerprint density at radius 2 is 1.66 bits per heavy atom. The van der Waals surface area contributed by atoms with Crippen LogP contribution in [0.2, 0.25) is 0 Å². The minimum absolute atomic E-state index is 0.101. The summed E-state index contributed by atoms with van der Waals surface area (Å²) in [5.41, 5.74) is 1.81. The van der Waals surface area contributed by atoms with E-state index in [4.69, 9.17) is 9.47 Å². The van der Waals surface area contributed by atoms with Crippen molar-refractivity contribution >= 4 is 24.0 Å². The molecule has 0 aromatic heterocycles. The van der Waals surface area contributed by atoms with Gasteiger partial charge in [-0.2, -0.15) is 0 Å². The summed E-state index contributed by atoms with van der Waals surface area (Å²) in [4.78, 5) is 35.7. The first kappa shape index (κ1) is 21.7. The first-order valence-corrected chi connectivity index (χ1v) is 9.12. The normalized spacial score (nSPS) is 11.5. The molecule has 2 rings (SSSR count). The number of benzene rings is 2. The second-order valence-electron chi connectivity index (χ2n) is 6.11. The van der Waals surface area contributed by atoms with Gasteiger partial charge in [-0.15, -0.1) is 0 Å². The number of nitrogens with one attached hydrogen (secondary N) is 2. The Morgan fingerprint density at radius 3 is 2.31 bits per heavy atom. The summed E-state index contributed by atoms with van der Waals surface area (Å²) in [5.74, 6) is -1.09. The number of ether oxygens (including phenoxy) is 2. The molecule has 2 N–H and O–H groups in total.